The van der Waals surface area contributed by atoms with Crippen molar-refractivity contribution in [2.45, 2.75) is 25.9 Å². The zero-order valence-corrected chi connectivity index (χ0v) is 14.1. The average Bonchev–Trinajstić information content (AvgIpc) is 3.04. The van der Waals surface area contributed by atoms with Crippen molar-refractivity contribution in [2.75, 3.05) is 6.54 Å². The number of furan rings is 1. The molecule has 0 aliphatic heterocycles. The normalized spacial score (nSPS) is 11.6. The standard InChI is InChI=1S/C17H20ClN3O3/c1-12(8-13-4-2-5-14(18)9-13)21-16(22)11-20-17(23)19-10-15-6-3-7-24-15/h2-7,9,12H,8,10-11H2,1H3,(H,21,22)(H2,19,20,23)/t12-/m0/s1. The molecule has 0 bridgehead atoms. The Kier molecular flexibility index (Phi) is 6.69. The van der Waals surface area contributed by atoms with Crippen LogP contribution < -0.4 is 16.0 Å². The van der Waals surface area contributed by atoms with Crippen LogP contribution in [0.15, 0.2) is 47.1 Å². The Morgan fingerprint density at radius 1 is 1.21 bits per heavy atom. The van der Waals surface area contributed by atoms with Gasteiger partial charge in [0.25, 0.3) is 0 Å². The molecule has 0 aliphatic rings. The maximum atomic E-state index is 11.8. The quantitative estimate of drug-likeness (QED) is 0.718. The molecule has 2 aromatic rings. The van der Waals surface area contributed by atoms with Crippen LogP contribution in [-0.2, 0) is 17.8 Å². The summed E-state index contributed by atoms with van der Waals surface area (Å²) < 4.78 is 5.10. The molecule has 0 saturated heterocycles. The summed E-state index contributed by atoms with van der Waals surface area (Å²) in [5.74, 6) is 0.391. The first-order chi connectivity index (χ1) is 11.5. The molecule has 3 amide bonds. The number of amides is 3. The van der Waals surface area contributed by atoms with Crippen LogP contribution in [0.2, 0.25) is 5.02 Å². The molecule has 1 aromatic carbocycles. The highest BCUT2D eigenvalue weighted by atomic mass is 35.5. The molecule has 0 spiro atoms. The average molecular weight is 350 g/mol. The molecule has 1 heterocycles. The van der Waals surface area contributed by atoms with E-state index in [2.05, 4.69) is 16.0 Å². The summed E-state index contributed by atoms with van der Waals surface area (Å²) in [6.45, 7) is 2.07. The van der Waals surface area contributed by atoms with Gasteiger partial charge in [0.1, 0.15) is 5.76 Å². The zero-order chi connectivity index (χ0) is 17.4. The number of benzene rings is 1. The Labute approximate surface area is 145 Å². The molecule has 24 heavy (non-hydrogen) atoms. The number of rotatable bonds is 7. The molecule has 0 aliphatic carbocycles. The van der Waals surface area contributed by atoms with Crippen molar-refractivity contribution in [2.24, 2.45) is 0 Å². The second-order valence-electron chi connectivity index (χ2n) is 5.42. The summed E-state index contributed by atoms with van der Waals surface area (Å²) in [4.78, 5) is 23.4. The molecule has 0 unspecified atom stereocenters. The maximum absolute atomic E-state index is 11.8. The van der Waals surface area contributed by atoms with Crippen LogP contribution in [0.25, 0.3) is 0 Å². The summed E-state index contributed by atoms with van der Waals surface area (Å²) in [5.41, 5.74) is 1.04. The fourth-order valence-corrected chi connectivity index (χ4v) is 2.41. The second kappa shape index (κ2) is 8.98. The summed E-state index contributed by atoms with van der Waals surface area (Å²) >= 11 is 5.94. The van der Waals surface area contributed by atoms with E-state index >= 15 is 0 Å². The summed E-state index contributed by atoms with van der Waals surface area (Å²) in [6.07, 6.45) is 2.20. The van der Waals surface area contributed by atoms with Gasteiger partial charge in [-0.3, -0.25) is 4.79 Å². The lowest BCUT2D eigenvalue weighted by molar-refractivity contribution is -0.120. The first-order valence-electron chi connectivity index (χ1n) is 7.61. The van der Waals surface area contributed by atoms with Crippen molar-refractivity contribution in [1.82, 2.24) is 16.0 Å². The van der Waals surface area contributed by atoms with Crippen molar-refractivity contribution in [3.63, 3.8) is 0 Å². The van der Waals surface area contributed by atoms with Crippen molar-refractivity contribution in [3.05, 3.63) is 59.0 Å². The van der Waals surface area contributed by atoms with Gasteiger partial charge < -0.3 is 20.4 Å². The van der Waals surface area contributed by atoms with E-state index in [0.717, 1.165) is 5.56 Å². The molecule has 0 saturated carbocycles. The van der Waals surface area contributed by atoms with Gasteiger partial charge >= 0.3 is 6.03 Å². The lowest BCUT2D eigenvalue weighted by Crippen LogP contribution is -2.44. The van der Waals surface area contributed by atoms with Crippen LogP contribution in [0.5, 0.6) is 0 Å². The first kappa shape index (κ1) is 17.9. The Hall–Kier alpha value is -2.47. The van der Waals surface area contributed by atoms with Gasteiger partial charge in [0, 0.05) is 11.1 Å². The number of halogens is 1. The molecule has 0 fully saturated rings. The lowest BCUT2D eigenvalue weighted by Gasteiger charge is -2.14. The number of urea groups is 1. The molecular weight excluding hydrogens is 330 g/mol. The highest BCUT2D eigenvalue weighted by Crippen LogP contribution is 2.12. The van der Waals surface area contributed by atoms with Gasteiger partial charge in [-0.2, -0.15) is 0 Å². The van der Waals surface area contributed by atoms with Crippen LogP contribution in [0.4, 0.5) is 4.79 Å². The van der Waals surface area contributed by atoms with E-state index < -0.39 is 6.03 Å². The summed E-state index contributed by atoms with van der Waals surface area (Å²) in [5, 5.41) is 8.60. The van der Waals surface area contributed by atoms with Gasteiger partial charge in [-0.25, -0.2) is 4.79 Å². The van der Waals surface area contributed by atoms with Crippen LogP contribution in [0.3, 0.4) is 0 Å². The minimum Gasteiger partial charge on any atom is -0.467 e. The number of carbonyl (C=O) groups excluding carboxylic acids is 2. The van der Waals surface area contributed by atoms with E-state index in [-0.39, 0.29) is 25.0 Å². The third-order valence-corrected chi connectivity index (χ3v) is 3.49. The Bertz CT molecular complexity index is 673. The number of carbonyl (C=O) groups is 2. The SMILES string of the molecule is C[C@@H](Cc1cccc(Cl)c1)NC(=O)CNC(=O)NCc1ccco1. The Balaban J connectivity index is 1.65. The predicted molar refractivity (Wildman–Crippen MR) is 91.7 cm³/mol. The number of hydrogen-bond acceptors (Lipinski definition) is 3. The third kappa shape index (κ3) is 6.34. The second-order valence-corrected chi connectivity index (χ2v) is 5.85. The lowest BCUT2D eigenvalue weighted by atomic mass is 10.1. The topological polar surface area (TPSA) is 83.4 Å². The summed E-state index contributed by atoms with van der Waals surface area (Å²) in [6, 6.07) is 10.5. The largest absolute Gasteiger partial charge is 0.467 e. The van der Waals surface area contributed by atoms with Crippen LogP contribution in [-0.4, -0.2) is 24.5 Å². The van der Waals surface area contributed by atoms with E-state index in [9.17, 15) is 9.59 Å². The highest BCUT2D eigenvalue weighted by Gasteiger charge is 2.10. The molecule has 0 radical (unpaired) electrons. The molecule has 1 aromatic heterocycles. The molecule has 128 valence electrons. The number of nitrogens with one attached hydrogen (secondary N) is 3. The molecule has 7 heteroatoms. The highest BCUT2D eigenvalue weighted by molar-refractivity contribution is 6.30. The number of hydrogen-bond donors (Lipinski definition) is 3. The van der Waals surface area contributed by atoms with Gasteiger partial charge in [-0.05, 0) is 43.2 Å². The van der Waals surface area contributed by atoms with Gasteiger partial charge in [-0.15, -0.1) is 0 Å². The third-order valence-electron chi connectivity index (χ3n) is 3.25. The van der Waals surface area contributed by atoms with Crippen LogP contribution in [0, 0.1) is 0 Å². The van der Waals surface area contributed by atoms with Gasteiger partial charge in [-0.1, -0.05) is 23.7 Å². The van der Waals surface area contributed by atoms with E-state index in [4.69, 9.17) is 16.0 Å². The van der Waals surface area contributed by atoms with E-state index in [1.165, 1.54) is 6.26 Å². The molecule has 1 atom stereocenters. The van der Waals surface area contributed by atoms with Crippen LogP contribution in [0.1, 0.15) is 18.2 Å². The molecule has 6 nitrogen and oxygen atoms in total. The smallest absolute Gasteiger partial charge is 0.315 e. The fraction of sp³-hybridized carbons (Fsp3) is 0.294. The maximum Gasteiger partial charge on any atom is 0.315 e. The van der Waals surface area contributed by atoms with Crippen molar-refractivity contribution in [3.8, 4) is 0 Å². The first-order valence-corrected chi connectivity index (χ1v) is 7.98. The van der Waals surface area contributed by atoms with Crippen molar-refractivity contribution < 1.29 is 14.0 Å². The monoisotopic (exact) mass is 349 g/mol. The van der Waals surface area contributed by atoms with E-state index in [1.54, 1.807) is 18.2 Å². The molecule has 3 N–H and O–H groups in total. The Morgan fingerprint density at radius 3 is 2.75 bits per heavy atom. The van der Waals surface area contributed by atoms with Crippen molar-refractivity contribution >= 4 is 23.5 Å². The Morgan fingerprint density at radius 2 is 2.04 bits per heavy atom. The van der Waals surface area contributed by atoms with E-state index in [0.29, 0.717) is 17.2 Å². The predicted octanol–water partition coefficient (Wildman–Crippen LogP) is 2.48. The summed E-state index contributed by atoms with van der Waals surface area (Å²) in [7, 11) is 0. The molecule has 2 rings (SSSR count). The zero-order valence-electron chi connectivity index (χ0n) is 13.3. The van der Waals surface area contributed by atoms with Crippen LogP contribution >= 0.6 is 11.6 Å². The minimum atomic E-state index is -0.427. The van der Waals surface area contributed by atoms with Gasteiger partial charge in [0.2, 0.25) is 5.91 Å². The molecular formula is C17H20ClN3O3. The van der Waals surface area contributed by atoms with Gasteiger partial charge in [0.15, 0.2) is 0 Å². The fourth-order valence-electron chi connectivity index (χ4n) is 2.20. The van der Waals surface area contributed by atoms with Gasteiger partial charge in [0.05, 0.1) is 19.4 Å². The van der Waals surface area contributed by atoms with E-state index in [1.807, 2.05) is 25.1 Å². The van der Waals surface area contributed by atoms with Crippen molar-refractivity contribution in [1.29, 1.82) is 0 Å². The minimum absolute atomic E-state index is 0.0658.